The lowest BCUT2D eigenvalue weighted by Gasteiger charge is -2.35. The van der Waals surface area contributed by atoms with E-state index in [0.29, 0.717) is 58.0 Å². The first-order valence-electron chi connectivity index (χ1n) is 31.0. The first-order chi connectivity index (χ1) is 42.2. The lowest BCUT2D eigenvalue weighted by Crippen LogP contribution is -2.50. The third-order valence-corrected chi connectivity index (χ3v) is 17.5. The summed E-state index contributed by atoms with van der Waals surface area (Å²) in [5.74, 6) is -0.579. The molecule has 3 aliphatic rings. The number of benzene rings is 2. The molecular formula is C67H89N9O11S. The van der Waals surface area contributed by atoms with Gasteiger partial charge in [0.05, 0.1) is 86.8 Å². The molecule has 3 atom stereocenters. The van der Waals surface area contributed by atoms with Crippen LogP contribution < -0.4 is 15.5 Å². The van der Waals surface area contributed by atoms with Crippen molar-refractivity contribution in [2.24, 2.45) is 11.3 Å². The summed E-state index contributed by atoms with van der Waals surface area (Å²) in [6, 6.07) is 15.3. The summed E-state index contributed by atoms with van der Waals surface area (Å²) >= 11 is 1.58. The van der Waals surface area contributed by atoms with Gasteiger partial charge in [-0.2, -0.15) is 5.10 Å². The van der Waals surface area contributed by atoms with Gasteiger partial charge in [0.1, 0.15) is 17.6 Å². The van der Waals surface area contributed by atoms with E-state index in [9.17, 15) is 33.9 Å². The van der Waals surface area contributed by atoms with E-state index in [1.807, 2.05) is 100 Å². The average Bonchev–Trinajstić information content (AvgIpc) is 3.25. The molecule has 0 spiro atoms. The van der Waals surface area contributed by atoms with E-state index in [1.165, 1.54) is 4.90 Å². The normalized spacial score (nSPS) is 17.1. The second-order valence-electron chi connectivity index (χ2n) is 24.6. The van der Waals surface area contributed by atoms with Gasteiger partial charge in [0.15, 0.2) is 11.6 Å². The van der Waals surface area contributed by atoms with Crippen molar-refractivity contribution in [3.05, 3.63) is 106 Å². The van der Waals surface area contributed by atoms with Gasteiger partial charge >= 0.3 is 0 Å². The van der Waals surface area contributed by atoms with Crippen molar-refractivity contribution in [1.82, 2.24) is 40.2 Å². The Morgan fingerprint density at radius 1 is 0.784 bits per heavy atom. The molecule has 3 N–H and O–H groups in total. The third kappa shape index (κ3) is 18.6. The third-order valence-electron chi connectivity index (χ3n) is 16.5. The molecule has 3 aromatic heterocycles. The number of likely N-dealkylation sites (tertiary alicyclic amines) is 1. The number of aromatic nitrogens is 4. The molecule has 2 saturated heterocycles. The minimum atomic E-state index is -0.845. The fourth-order valence-corrected chi connectivity index (χ4v) is 12.3. The average molecular weight is 1230 g/mol. The van der Waals surface area contributed by atoms with Crippen LogP contribution in [0.5, 0.6) is 0 Å². The number of nitrogens with one attached hydrogen (secondary N) is 2. The standard InChI is InChI=1S/C67H89N9O11S/c1-44(2)76-58-36-51(35-55(56(58)41-72-76)60(79)15-14-54-46(4)33-45(3)34-61(54)80)50-13-16-62(69-40-50)74-23-21-73(22-24-74)20-19-68-63(81)18-26-85-28-30-87-32-31-86-29-27-84-25-17-52(77)37-57(67(6,7)8)66(83)75-42-53(78)38-59(75)65(82)70-39-48-9-11-49(12-10-48)64-47(5)71-43-88-64/h9-13,16,33,35-36,40-41,43-44,53,57,59,78H,14-15,17-32,34,37-39,42H2,1-8H3,(H,68,81)(H,70,82)/t53-,57-,59+/m1/s1. The number of nitrogens with zero attached hydrogens (tertiary/aromatic N) is 7. The number of piperazine rings is 1. The van der Waals surface area contributed by atoms with Gasteiger partial charge in [-0.3, -0.25) is 38.3 Å². The summed E-state index contributed by atoms with van der Waals surface area (Å²) in [7, 11) is 0. The highest BCUT2D eigenvalue weighted by molar-refractivity contribution is 7.13. The number of fused-ring (bicyclic) bond motifs is 1. The van der Waals surface area contributed by atoms with Gasteiger partial charge in [-0.05, 0) is 98.6 Å². The number of amides is 3. The van der Waals surface area contributed by atoms with E-state index in [0.717, 1.165) is 99.0 Å². The van der Waals surface area contributed by atoms with Gasteiger partial charge in [-0.25, -0.2) is 9.97 Å². The summed E-state index contributed by atoms with van der Waals surface area (Å²) < 4.78 is 24.4. The maximum atomic E-state index is 14.0. The summed E-state index contributed by atoms with van der Waals surface area (Å²) in [6.45, 7) is 23.0. The van der Waals surface area contributed by atoms with Crippen molar-refractivity contribution in [2.75, 3.05) is 104 Å². The van der Waals surface area contributed by atoms with Crippen LogP contribution in [0.15, 0.2) is 89.2 Å². The molecule has 3 amide bonds. The molecule has 2 aliphatic heterocycles. The molecule has 0 saturated carbocycles. The Bertz CT molecular complexity index is 3270. The number of allylic oxidation sites excluding steroid dienone is 4. The highest BCUT2D eigenvalue weighted by Gasteiger charge is 2.44. The zero-order valence-electron chi connectivity index (χ0n) is 52.6. The van der Waals surface area contributed by atoms with Gasteiger partial charge in [-0.15, -0.1) is 11.3 Å². The van der Waals surface area contributed by atoms with Crippen LogP contribution in [0.3, 0.4) is 0 Å². The smallest absolute Gasteiger partial charge is 0.243 e. The molecule has 2 fully saturated rings. The van der Waals surface area contributed by atoms with E-state index in [1.54, 1.807) is 17.5 Å². The van der Waals surface area contributed by atoms with Gasteiger partial charge in [0.2, 0.25) is 17.7 Å². The van der Waals surface area contributed by atoms with Crippen LogP contribution in [0.2, 0.25) is 0 Å². The molecule has 5 heterocycles. The summed E-state index contributed by atoms with van der Waals surface area (Å²) in [5, 5.41) is 22.0. The van der Waals surface area contributed by atoms with Crippen LogP contribution in [0, 0.1) is 18.3 Å². The molecule has 5 aromatic rings. The number of rotatable bonds is 32. The number of carbonyl (C=O) groups is 6. The highest BCUT2D eigenvalue weighted by Crippen LogP contribution is 2.35. The lowest BCUT2D eigenvalue weighted by atomic mass is 9.76. The van der Waals surface area contributed by atoms with Crippen molar-refractivity contribution in [3.8, 4) is 21.6 Å². The number of thiazole rings is 1. The van der Waals surface area contributed by atoms with Crippen molar-refractivity contribution < 1.29 is 52.8 Å². The fraction of sp³-hybridized carbons (Fsp3) is 0.537. The zero-order valence-corrected chi connectivity index (χ0v) is 53.4. The monoisotopic (exact) mass is 1230 g/mol. The van der Waals surface area contributed by atoms with Crippen LogP contribution in [-0.4, -0.2) is 181 Å². The predicted octanol–water partition coefficient (Wildman–Crippen LogP) is 8.29. The molecule has 8 rings (SSSR count). The van der Waals surface area contributed by atoms with E-state index in [-0.39, 0.29) is 106 Å². The Morgan fingerprint density at radius 3 is 2.08 bits per heavy atom. The van der Waals surface area contributed by atoms with Crippen LogP contribution in [0.4, 0.5) is 5.82 Å². The second kappa shape index (κ2) is 32.1. The number of carbonyl (C=O) groups excluding carboxylic acids is 6. The number of hydrogen-bond donors (Lipinski definition) is 3. The quantitative estimate of drug-likeness (QED) is 0.0271. The molecule has 21 heteroatoms. The number of aryl methyl sites for hydroxylation is 1. The SMILES string of the molecule is CC1=CC(C)=C(CCC(=O)c2cc(-c3ccc(N4CCN(CCNC(=O)CCOCCOCCOCCOCCC(=O)C[C@H](C(=O)N5C[C@H](O)C[C@H]5C(=O)NCc5ccc(-c6scnc6C)cc5)C(C)(C)C)CC4)nc3)cc3c2cnn3C(C)C)C(=O)C1. The number of Topliss-reactive ketones (excluding diaryl/α,β-unsaturated/α-hetero) is 3. The minimum Gasteiger partial charge on any atom is -0.391 e. The molecular weight excluding hydrogens is 1140 g/mol. The molecule has 20 nitrogen and oxygen atoms in total. The van der Waals surface area contributed by atoms with E-state index in [4.69, 9.17) is 23.9 Å². The molecule has 0 unspecified atom stereocenters. The number of aliphatic hydroxyl groups is 1. The van der Waals surface area contributed by atoms with E-state index in [2.05, 4.69) is 56.5 Å². The number of ketones is 3. The Kier molecular flexibility index (Phi) is 24.4. The van der Waals surface area contributed by atoms with Crippen molar-refractivity contribution >= 4 is 63.1 Å². The summed E-state index contributed by atoms with van der Waals surface area (Å²) in [5.41, 5.74) is 10.2. The summed E-state index contributed by atoms with van der Waals surface area (Å²) in [6.07, 6.45) is 6.38. The molecule has 2 aromatic carbocycles. The molecule has 0 bridgehead atoms. The lowest BCUT2D eigenvalue weighted by molar-refractivity contribution is -0.146. The highest BCUT2D eigenvalue weighted by atomic mass is 32.1. The van der Waals surface area contributed by atoms with Crippen LogP contribution in [-0.2, 0) is 49.5 Å². The van der Waals surface area contributed by atoms with Gasteiger partial charge < -0.3 is 44.5 Å². The first-order valence-corrected chi connectivity index (χ1v) is 31.8. The number of anilines is 1. The number of β-amino-alcohol motifs (C(OH)–C–C–N with tert-alkyl or cyclic N) is 1. The zero-order chi connectivity index (χ0) is 62.9. The van der Waals surface area contributed by atoms with Gasteiger partial charge in [-0.1, -0.05) is 56.7 Å². The molecule has 1 aliphatic carbocycles. The Morgan fingerprint density at radius 2 is 1.45 bits per heavy atom. The van der Waals surface area contributed by atoms with Gasteiger partial charge in [0.25, 0.3) is 0 Å². The number of hydrogen-bond acceptors (Lipinski definition) is 17. The Hall–Kier alpha value is -6.85. The number of ether oxygens (including phenoxy) is 4. The van der Waals surface area contributed by atoms with Crippen molar-refractivity contribution in [3.63, 3.8) is 0 Å². The second-order valence-corrected chi connectivity index (χ2v) is 25.4. The van der Waals surface area contributed by atoms with Crippen LogP contribution in [0.1, 0.15) is 121 Å². The largest absolute Gasteiger partial charge is 0.391 e. The maximum absolute atomic E-state index is 14.0. The van der Waals surface area contributed by atoms with Crippen molar-refractivity contribution in [2.45, 2.75) is 125 Å². The van der Waals surface area contributed by atoms with Crippen LogP contribution >= 0.6 is 11.3 Å². The molecule has 88 heavy (non-hydrogen) atoms. The Balaban J connectivity index is 0.637. The van der Waals surface area contributed by atoms with Crippen LogP contribution in [0.25, 0.3) is 32.5 Å². The number of aliphatic hydroxyl groups excluding tert-OH is 1. The minimum absolute atomic E-state index is 0.00564. The summed E-state index contributed by atoms with van der Waals surface area (Å²) in [4.78, 5) is 96.3. The fourth-order valence-electron chi connectivity index (χ4n) is 11.5. The van der Waals surface area contributed by atoms with E-state index >= 15 is 0 Å². The Labute approximate surface area is 521 Å². The predicted molar refractivity (Wildman–Crippen MR) is 340 cm³/mol. The maximum Gasteiger partial charge on any atom is 0.243 e. The van der Waals surface area contributed by atoms with Gasteiger partial charge in [0, 0.05) is 126 Å². The first kappa shape index (κ1) is 67.1. The van der Waals surface area contributed by atoms with Crippen molar-refractivity contribution in [1.29, 1.82) is 0 Å². The van der Waals surface area contributed by atoms with E-state index < -0.39 is 23.5 Å². The topological polar surface area (TPSA) is 237 Å². The number of pyridine rings is 1. The molecule has 474 valence electrons. The molecule has 0 radical (unpaired) electrons.